The SMILES string of the molecule is CCCCCCCCS(=O)(=O)Oc1cccc2ccccc12.[LiH]. The summed E-state index contributed by atoms with van der Waals surface area (Å²) in [6.45, 7) is 2.17. The van der Waals surface area contributed by atoms with Crippen LogP contribution in [-0.2, 0) is 10.1 Å². The molecule has 2 aromatic rings. The van der Waals surface area contributed by atoms with Gasteiger partial charge < -0.3 is 4.18 Å². The van der Waals surface area contributed by atoms with Gasteiger partial charge in [-0.2, -0.15) is 8.42 Å². The predicted octanol–water partition coefficient (Wildman–Crippen LogP) is 4.26. The molecule has 0 aliphatic heterocycles. The summed E-state index contributed by atoms with van der Waals surface area (Å²) in [6.07, 6.45) is 6.30. The van der Waals surface area contributed by atoms with Crippen LogP contribution >= 0.6 is 0 Å². The molecule has 0 spiro atoms. The molecule has 2 aromatic carbocycles. The summed E-state index contributed by atoms with van der Waals surface area (Å²) in [7, 11) is -3.52. The minimum atomic E-state index is -3.52. The van der Waals surface area contributed by atoms with E-state index in [2.05, 4.69) is 6.92 Å². The van der Waals surface area contributed by atoms with Crippen LogP contribution < -0.4 is 4.18 Å². The van der Waals surface area contributed by atoms with Gasteiger partial charge in [0.1, 0.15) is 5.75 Å². The van der Waals surface area contributed by atoms with E-state index in [4.69, 9.17) is 4.18 Å². The van der Waals surface area contributed by atoms with Crippen molar-refractivity contribution in [3.05, 3.63) is 42.5 Å². The molecule has 0 atom stereocenters. The van der Waals surface area contributed by atoms with Gasteiger partial charge in [-0.05, 0) is 17.9 Å². The van der Waals surface area contributed by atoms with Crippen LogP contribution in [0, 0.1) is 0 Å². The average molecular weight is 328 g/mol. The second-order valence-corrected chi connectivity index (χ2v) is 7.28. The molecule has 0 heterocycles. The second kappa shape index (κ2) is 10.0. The molecule has 0 aliphatic rings. The van der Waals surface area contributed by atoms with Crippen LogP contribution in [0.2, 0.25) is 0 Å². The maximum atomic E-state index is 12.1. The summed E-state index contributed by atoms with van der Waals surface area (Å²) in [5.41, 5.74) is 0. The van der Waals surface area contributed by atoms with Gasteiger partial charge in [0.15, 0.2) is 0 Å². The molecule has 0 fully saturated rings. The Balaban J connectivity index is 0.00000264. The first kappa shape index (κ1) is 20.1. The number of fused-ring (bicyclic) bond motifs is 1. The van der Waals surface area contributed by atoms with Crippen molar-refractivity contribution in [1.29, 1.82) is 0 Å². The third-order valence-corrected chi connectivity index (χ3v) is 4.94. The Morgan fingerprint density at radius 1 is 0.870 bits per heavy atom. The third kappa shape index (κ3) is 6.59. The Kier molecular flexibility index (Phi) is 8.76. The second-order valence-electron chi connectivity index (χ2n) is 5.59. The van der Waals surface area contributed by atoms with Crippen LogP contribution in [0.1, 0.15) is 45.4 Å². The van der Waals surface area contributed by atoms with Crippen molar-refractivity contribution in [2.45, 2.75) is 45.4 Å². The number of hydrogen-bond acceptors (Lipinski definition) is 3. The van der Waals surface area contributed by atoms with Crippen LogP contribution in [0.15, 0.2) is 42.5 Å². The van der Waals surface area contributed by atoms with Crippen molar-refractivity contribution in [2.75, 3.05) is 5.75 Å². The van der Waals surface area contributed by atoms with E-state index in [-0.39, 0.29) is 24.6 Å². The van der Waals surface area contributed by atoms with E-state index in [1.54, 1.807) is 6.07 Å². The number of rotatable bonds is 9. The van der Waals surface area contributed by atoms with Gasteiger partial charge in [0.2, 0.25) is 0 Å². The quantitative estimate of drug-likeness (QED) is 0.392. The van der Waals surface area contributed by atoms with E-state index in [1.807, 2.05) is 36.4 Å². The predicted molar refractivity (Wildman–Crippen MR) is 98.9 cm³/mol. The zero-order chi connectivity index (χ0) is 15.8. The molecule has 5 heteroatoms. The first-order valence-electron chi connectivity index (χ1n) is 8.02. The van der Waals surface area contributed by atoms with Gasteiger partial charge in [-0.15, -0.1) is 0 Å². The van der Waals surface area contributed by atoms with E-state index in [9.17, 15) is 8.42 Å². The molecular formula is C18H25LiO3S. The molecule has 0 radical (unpaired) electrons. The first-order valence-corrected chi connectivity index (χ1v) is 9.60. The average Bonchev–Trinajstić information content (AvgIpc) is 2.51. The summed E-state index contributed by atoms with van der Waals surface area (Å²) in [5.74, 6) is 0.506. The summed E-state index contributed by atoms with van der Waals surface area (Å²) < 4.78 is 29.5. The van der Waals surface area contributed by atoms with Crippen molar-refractivity contribution in [1.82, 2.24) is 0 Å². The van der Waals surface area contributed by atoms with E-state index in [0.717, 1.165) is 23.6 Å². The summed E-state index contributed by atoms with van der Waals surface area (Å²) in [6, 6.07) is 13.1. The molecule has 0 unspecified atom stereocenters. The fraction of sp³-hybridized carbons (Fsp3) is 0.444. The summed E-state index contributed by atoms with van der Waals surface area (Å²) in [4.78, 5) is 0. The molecule has 0 bridgehead atoms. The van der Waals surface area contributed by atoms with Gasteiger partial charge in [0, 0.05) is 5.39 Å². The zero-order valence-electron chi connectivity index (χ0n) is 13.1. The first-order chi connectivity index (χ1) is 10.6. The monoisotopic (exact) mass is 328 g/mol. The molecule has 0 saturated carbocycles. The number of benzene rings is 2. The fourth-order valence-electron chi connectivity index (χ4n) is 2.51. The molecule has 0 N–H and O–H groups in total. The van der Waals surface area contributed by atoms with Crippen molar-refractivity contribution in [3.63, 3.8) is 0 Å². The van der Waals surface area contributed by atoms with Crippen LogP contribution in [0.5, 0.6) is 5.75 Å². The van der Waals surface area contributed by atoms with Crippen molar-refractivity contribution >= 4 is 39.8 Å². The third-order valence-electron chi connectivity index (χ3n) is 3.71. The molecule has 23 heavy (non-hydrogen) atoms. The van der Waals surface area contributed by atoms with Gasteiger partial charge in [-0.3, -0.25) is 0 Å². The summed E-state index contributed by atoms with van der Waals surface area (Å²) in [5, 5.41) is 1.81. The Bertz CT molecular complexity index is 693. The van der Waals surface area contributed by atoms with Gasteiger partial charge in [0.25, 0.3) is 0 Å². The van der Waals surface area contributed by atoms with E-state index >= 15 is 0 Å². The molecule has 0 aliphatic carbocycles. The van der Waals surface area contributed by atoms with Crippen LogP contribution in [0.4, 0.5) is 0 Å². The van der Waals surface area contributed by atoms with Crippen LogP contribution in [0.25, 0.3) is 10.8 Å². The maximum absolute atomic E-state index is 12.1. The molecule has 3 nitrogen and oxygen atoms in total. The normalized spacial score (nSPS) is 11.2. The van der Waals surface area contributed by atoms with Gasteiger partial charge in [0.05, 0.1) is 5.75 Å². The topological polar surface area (TPSA) is 43.4 Å². The van der Waals surface area contributed by atoms with Crippen LogP contribution in [-0.4, -0.2) is 33.0 Å². The van der Waals surface area contributed by atoms with Crippen molar-refractivity contribution in [3.8, 4) is 5.75 Å². The van der Waals surface area contributed by atoms with Gasteiger partial charge in [-0.25, -0.2) is 0 Å². The van der Waals surface area contributed by atoms with Crippen LogP contribution in [0.3, 0.4) is 0 Å². The molecule has 0 aromatic heterocycles. The molecule has 122 valence electrons. The standard InChI is InChI=1S/C18H24O3S.Li.H/c1-2-3-4-5-6-9-15-22(19,20)21-18-14-10-12-16-11-7-8-13-17(16)18;;/h7-8,10-14H,2-6,9,15H2,1H3;;. The Labute approximate surface area is 151 Å². The number of unbranched alkanes of at least 4 members (excludes halogenated alkanes) is 5. The van der Waals surface area contributed by atoms with Gasteiger partial charge in [-0.1, -0.05) is 75.4 Å². The van der Waals surface area contributed by atoms with Gasteiger partial charge >= 0.3 is 29.0 Å². The zero-order valence-corrected chi connectivity index (χ0v) is 13.9. The van der Waals surface area contributed by atoms with Crippen molar-refractivity contribution < 1.29 is 12.6 Å². The number of hydrogen-bond donors (Lipinski definition) is 0. The van der Waals surface area contributed by atoms with E-state index in [0.29, 0.717) is 12.2 Å². The molecule has 0 amide bonds. The van der Waals surface area contributed by atoms with E-state index in [1.165, 1.54) is 19.3 Å². The Morgan fingerprint density at radius 3 is 2.30 bits per heavy atom. The van der Waals surface area contributed by atoms with Crippen molar-refractivity contribution in [2.24, 2.45) is 0 Å². The Hall–Kier alpha value is -0.953. The van der Waals surface area contributed by atoms with E-state index < -0.39 is 10.1 Å². The molecule has 2 rings (SSSR count). The molecular weight excluding hydrogens is 303 g/mol. The fourth-order valence-corrected chi connectivity index (χ4v) is 3.57. The minimum absolute atomic E-state index is 0. The molecule has 0 saturated heterocycles. The summed E-state index contributed by atoms with van der Waals surface area (Å²) >= 11 is 0. The Morgan fingerprint density at radius 2 is 1.52 bits per heavy atom.